The molecule has 0 aliphatic carbocycles. The van der Waals surface area contributed by atoms with Crippen LogP contribution in [0.5, 0.6) is 0 Å². The van der Waals surface area contributed by atoms with Crippen LogP contribution in [0.4, 0.5) is 5.69 Å². The van der Waals surface area contributed by atoms with Crippen LogP contribution in [0.1, 0.15) is 0 Å². The van der Waals surface area contributed by atoms with E-state index in [0.717, 1.165) is 16.8 Å². The van der Waals surface area contributed by atoms with Crippen LogP contribution in [-0.4, -0.2) is 5.91 Å². The number of nitrogens with one attached hydrogen (secondary N) is 1. The highest BCUT2D eigenvalue weighted by Crippen LogP contribution is 2.20. The lowest BCUT2D eigenvalue weighted by atomic mass is 10.1. The smallest absolute Gasteiger partial charge is 0.247 e. The summed E-state index contributed by atoms with van der Waals surface area (Å²) in [7, 11) is 0. The molecule has 0 aliphatic heterocycles. The molecule has 0 aromatic heterocycles. The average Bonchev–Trinajstić information content (AvgIpc) is 2.40. The molecule has 0 unspecified atom stereocenters. The largest absolute Gasteiger partial charge is 0.323 e. The molecule has 0 spiro atoms. The van der Waals surface area contributed by atoms with Crippen LogP contribution in [0.15, 0.2) is 67.3 Å². The van der Waals surface area contributed by atoms with E-state index in [1.807, 2.05) is 42.5 Å². The monoisotopic (exact) mass is 223 g/mol. The summed E-state index contributed by atoms with van der Waals surface area (Å²) in [5.41, 5.74) is 3.06. The molecule has 1 N–H and O–H groups in total. The van der Waals surface area contributed by atoms with Crippen LogP contribution in [0, 0.1) is 0 Å². The van der Waals surface area contributed by atoms with Crippen molar-refractivity contribution in [1.82, 2.24) is 0 Å². The van der Waals surface area contributed by atoms with Crippen LogP contribution >= 0.6 is 0 Å². The highest BCUT2D eigenvalue weighted by atomic mass is 16.1. The quantitative estimate of drug-likeness (QED) is 0.793. The summed E-state index contributed by atoms with van der Waals surface area (Å²) in [4.78, 5) is 11.1. The maximum atomic E-state index is 11.1. The summed E-state index contributed by atoms with van der Waals surface area (Å²) in [6, 6.07) is 17.8. The van der Waals surface area contributed by atoms with E-state index in [0.29, 0.717) is 0 Å². The van der Waals surface area contributed by atoms with Crippen LogP contribution in [0.3, 0.4) is 0 Å². The molecule has 17 heavy (non-hydrogen) atoms. The molecular weight excluding hydrogens is 210 g/mol. The summed E-state index contributed by atoms with van der Waals surface area (Å²) < 4.78 is 0. The molecule has 0 bridgehead atoms. The van der Waals surface area contributed by atoms with Crippen molar-refractivity contribution >= 4 is 11.6 Å². The zero-order valence-electron chi connectivity index (χ0n) is 9.39. The Morgan fingerprint density at radius 3 is 2.12 bits per heavy atom. The lowest BCUT2D eigenvalue weighted by Gasteiger charge is -2.04. The van der Waals surface area contributed by atoms with E-state index in [-0.39, 0.29) is 5.91 Å². The normalized spacial score (nSPS) is 9.65. The second-order valence-electron chi connectivity index (χ2n) is 3.64. The van der Waals surface area contributed by atoms with Gasteiger partial charge in [-0.05, 0) is 29.3 Å². The van der Waals surface area contributed by atoms with E-state index in [4.69, 9.17) is 0 Å². The lowest BCUT2D eigenvalue weighted by Crippen LogP contribution is -2.06. The molecule has 0 radical (unpaired) electrons. The number of carbonyl (C=O) groups is 1. The zero-order valence-corrected chi connectivity index (χ0v) is 9.39. The van der Waals surface area contributed by atoms with E-state index < -0.39 is 0 Å². The Morgan fingerprint density at radius 2 is 1.53 bits per heavy atom. The standard InChI is InChI=1S/C15H13NO/c1-2-15(17)16-14-10-8-13(9-11-14)12-6-4-3-5-7-12/h2-11H,1H2,(H,16,17). The Bertz CT molecular complexity index is 514. The molecule has 0 heterocycles. The second-order valence-corrected chi connectivity index (χ2v) is 3.64. The maximum Gasteiger partial charge on any atom is 0.247 e. The van der Waals surface area contributed by atoms with Crippen molar-refractivity contribution in [1.29, 1.82) is 0 Å². The van der Waals surface area contributed by atoms with Gasteiger partial charge in [-0.2, -0.15) is 0 Å². The number of hydrogen-bond acceptors (Lipinski definition) is 1. The number of rotatable bonds is 3. The van der Waals surface area contributed by atoms with E-state index in [9.17, 15) is 4.79 Å². The van der Waals surface area contributed by atoms with Crippen LogP contribution in [0.25, 0.3) is 11.1 Å². The predicted octanol–water partition coefficient (Wildman–Crippen LogP) is 3.48. The Kier molecular flexibility index (Phi) is 3.36. The van der Waals surface area contributed by atoms with Gasteiger partial charge in [0.15, 0.2) is 0 Å². The number of carbonyl (C=O) groups excluding carboxylic acids is 1. The van der Waals surface area contributed by atoms with Crippen LogP contribution < -0.4 is 5.32 Å². The highest BCUT2D eigenvalue weighted by Gasteiger charge is 1.98. The van der Waals surface area contributed by atoms with Gasteiger partial charge in [-0.1, -0.05) is 49.0 Å². The van der Waals surface area contributed by atoms with Gasteiger partial charge in [-0.25, -0.2) is 0 Å². The van der Waals surface area contributed by atoms with Gasteiger partial charge in [0.2, 0.25) is 5.91 Å². The first-order valence-corrected chi connectivity index (χ1v) is 5.38. The molecule has 2 aromatic carbocycles. The topological polar surface area (TPSA) is 29.1 Å². The van der Waals surface area contributed by atoms with Crippen molar-refractivity contribution in [2.75, 3.05) is 5.32 Å². The zero-order chi connectivity index (χ0) is 12.1. The first kappa shape index (κ1) is 11.1. The lowest BCUT2D eigenvalue weighted by molar-refractivity contribution is -0.111. The van der Waals surface area contributed by atoms with Crippen molar-refractivity contribution < 1.29 is 4.79 Å². The number of benzene rings is 2. The van der Waals surface area contributed by atoms with Gasteiger partial charge < -0.3 is 5.32 Å². The molecule has 0 fully saturated rings. The number of hydrogen-bond donors (Lipinski definition) is 1. The van der Waals surface area contributed by atoms with Crippen LogP contribution in [0.2, 0.25) is 0 Å². The first-order valence-electron chi connectivity index (χ1n) is 5.38. The Morgan fingerprint density at radius 1 is 0.941 bits per heavy atom. The summed E-state index contributed by atoms with van der Waals surface area (Å²) in [5.74, 6) is -0.197. The molecule has 0 atom stereocenters. The Hall–Kier alpha value is -2.35. The van der Waals surface area contributed by atoms with E-state index in [1.165, 1.54) is 6.08 Å². The minimum absolute atomic E-state index is 0.197. The van der Waals surface area contributed by atoms with Crippen LogP contribution in [-0.2, 0) is 4.79 Å². The van der Waals surface area contributed by atoms with Gasteiger partial charge in [0.1, 0.15) is 0 Å². The van der Waals surface area contributed by atoms with E-state index >= 15 is 0 Å². The predicted molar refractivity (Wildman–Crippen MR) is 70.7 cm³/mol. The molecule has 0 saturated carbocycles. The van der Waals surface area contributed by atoms with E-state index in [1.54, 1.807) is 0 Å². The fourth-order valence-electron chi connectivity index (χ4n) is 1.57. The third kappa shape index (κ3) is 2.82. The molecule has 2 heteroatoms. The molecule has 2 nitrogen and oxygen atoms in total. The van der Waals surface area contributed by atoms with Crippen molar-refractivity contribution in [3.05, 3.63) is 67.3 Å². The van der Waals surface area contributed by atoms with Gasteiger partial charge in [0.25, 0.3) is 0 Å². The van der Waals surface area contributed by atoms with Crippen molar-refractivity contribution in [2.45, 2.75) is 0 Å². The minimum atomic E-state index is -0.197. The van der Waals surface area contributed by atoms with Crippen molar-refractivity contribution in [3.63, 3.8) is 0 Å². The second kappa shape index (κ2) is 5.12. The minimum Gasteiger partial charge on any atom is -0.323 e. The third-order valence-electron chi connectivity index (χ3n) is 2.44. The van der Waals surface area contributed by atoms with E-state index in [2.05, 4.69) is 24.0 Å². The molecule has 84 valence electrons. The number of amides is 1. The summed E-state index contributed by atoms with van der Waals surface area (Å²) in [6.07, 6.45) is 1.26. The fraction of sp³-hybridized carbons (Fsp3) is 0. The van der Waals surface area contributed by atoms with Gasteiger partial charge in [-0.15, -0.1) is 0 Å². The molecule has 2 rings (SSSR count). The third-order valence-corrected chi connectivity index (χ3v) is 2.44. The molecule has 1 amide bonds. The molecule has 2 aromatic rings. The van der Waals surface area contributed by atoms with Gasteiger partial charge in [0.05, 0.1) is 0 Å². The molecule has 0 aliphatic rings. The maximum absolute atomic E-state index is 11.1. The molecular formula is C15H13NO. The Labute approximate surface area is 101 Å². The summed E-state index contributed by atoms with van der Waals surface area (Å²) >= 11 is 0. The SMILES string of the molecule is C=CC(=O)Nc1ccc(-c2ccccc2)cc1. The van der Waals surface area contributed by atoms with Gasteiger partial charge in [-0.3, -0.25) is 4.79 Å². The molecule has 0 saturated heterocycles. The average molecular weight is 223 g/mol. The highest BCUT2D eigenvalue weighted by molar-refractivity contribution is 5.98. The van der Waals surface area contributed by atoms with Gasteiger partial charge in [0, 0.05) is 5.69 Å². The summed E-state index contributed by atoms with van der Waals surface area (Å²) in [5, 5.41) is 2.71. The number of anilines is 1. The van der Waals surface area contributed by atoms with Gasteiger partial charge >= 0.3 is 0 Å². The first-order chi connectivity index (χ1) is 8.29. The fourth-order valence-corrected chi connectivity index (χ4v) is 1.57. The summed E-state index contributed by atoms with van der Waals surface area (Å²) in [6.45, 7) is 3.41. The van der Waals surface area contributed by atoms with Crippen molar-refractivity contribution in [3.8, 4) is 11.1 Å². The Balaban J connectivity index is 2.19. The van der Waals surface area contributed by atoms with Crippen molar-refractivity contribution in [2.24, 2.45) is 0 Å².